The highest BCUT2D eigenvalue weighted by molar-refractivity contribution is 7.14. The molecule has 1 N–H and O–H groups in total. The molecule has 202 valence electrons. The number of para-hydroxylation sites is 1. The van der Waals surface area contributed by atoms with Crippen molar-refractivity contribution in [3.8, 4) is 0 Å². The second-order valence-corrected chi connectivity index (χ2v) is 9.82. The molecule has 0 fully saturated rings. The number of carbonyl (C=O) groups excluding carboxylic acids is 1. The van der Waals surface area contributed by atoms with Gasteiger partial charge < -0.3 is 15.0 Å². The van der Waals surface area contributed by atoms with Gasteiger partial charge in [0.05, 0.1) is 0 Å². The minimum atomic E-state index is -0.792. The molecule has 0 aliphatic carbocycles. The van der Waals surface area contributed by atoms with Gasteiger partial charge in [-0.3, -0.25) is 0 Å². The average molecular weight is 561 g/mol. The molecule has 0 aliphatic rings. The Morgan fingerprint density at radius 3 is 1.98 bits per heavy atom. The monoisotopic (exact) mass is 560 g/mol. The predicted molar refractivity (Wildman–Crippen MR) is 158 cm³/mol. The van der Waals surface area contributed by atoms with Crippen molar-refractivity contribution in [3.05, 3.63) is 143 Å². The molecule has 0 saturated heterocycles. The van der Waals surface area contributed by atoms with Gasteiger partial charge in [-0.05, 0) is 34.0 Å². The molecule has 0 spiro atoms. The molecule has 0 unspecified atom stereocenters. The maximum atomic E-state index is 13.2. The summed E-state index contributed by atoms with van der Waals surface area (Å²) in [5.74, 6) is -0.792. The Morgan fingerprint density at radius 2 is 1.39 bits per heavy atom. The summed E-state index contributed by atoms with van der Waals surface area (Å²) in [5, 5.41) is 17.9. The number of nitrogens with zero attached hydrogens (tertiary/aromatic N) is 5. The third-order valence-electron chi connectivity index (χ3n) is 6.53. The number of aromatic nitrogens is 4. The third-order valence-corrected chi connectivity index (χ3v) is 7.29. The van der Waals surface area contributed by atoms with Crippen LogP contribution in [0.1, 0.15) is 22.4 Å². The summed E-state index contributed by atoms with van der Waals surface area (Å²) in [5.41, 5.74) is 3.60. The number of thiazole rings is 1. The van der Waals surface area contributed by atoms with Crippen LogP contribution in [-0.4, -0.2) is 38.9 Å². The maximum Gasteiger partial charge on any atom is 0.389 e. The summed E-state index contributed by atoms with van der Waals surface area (Å²) in [6.45, 7) is 0. The van der Waals surface area contributed by atoms with Crippen molar-refractivity contribution >= 4 is 39.2 Å². The van der Waals surface area contributed by atoms with Gasteiger partial charge in [0.15, 0.2) is 5.13 Å². The van der Waals surface area contributed by atoms with E-state index in [0.29, 0.717) is 16.2 Å². The fourth-order valence-electron chi connectivity index (χ4n) is 4.70. The molecule has 0 radical (unpaired) electrons. The first-order chi connectivity index (χ1) is 20.2. The van der Waals surface area contributed by atoms with E-state index in [2.05, 4.69) is 57.2 Å². The summed E-state index contributed by atoms with van der Waals surface area (Å²) in [6, 6.07) is 37.7. The van der Waals surface area contributed by atoms with Crippen LogP contribution in [0.2, 0.25) is 0 Å². The van der Waals surface area contributed by atoms with Gasteiger partial charge in [0.2, 0.25) is 5.71 Å². The van der Waals surface area contributed by atoms with Crippen LogP contribution in [0.3, 0.4) is 0 Å². The van der Waals surface area contributed by atoms with Gasteiger partial charge in [0, 0.05) is 5.38 Å². The van der Waals surface area contributed by atoms with E-state index in [1.54, 1.807) is 23.6 Å². The zero-order valence-corrected chi connectivity index (χ0v) is 22.7. The van der Waals surface area contributed by atoms with Crippen LogP contribution in [0.15, 0.2) is 126 Å². The van der Waals surface area contributed by atoms with E-state index in [-0.39, 0.29) is 11.4 Å². The summed E-state index contributed by atoms with van der Waals surface area (Å²) >= 11 is 1.34. The standard InChI is InChI=1S/C31H24N6O3S/c1-39-35-28(29(38)40-37-27-20-12-11-19-25(27)34-36-37)26-21-41-30(32-26)33-31(22-13-5-2-6-14-22,23-15-7-3-8-16-23)24-17-9-4-10-18-24/h2-21H,1H3,(H,32,33)/b35-28+. The first-order valence-electron chi connectivity index (χ1n) is 12.7. The number of nitrogens with one attached hydrogen (secondary N) is 1. The van der Waals surface area contributed by atoms with Gasteiger partial charge in [-0.15, -0.1) is 16.4 Å². The molecule has 0 amide bonds. The molecule has 6 aromatic rings. The van der Waals surface area contributed by atoms with E-state index in [0.717, 1.165) is 21.5 Å². The fraction of sp³-hybridized carbons (Fsp3) is 0.0645. The van der Waals surface area contributed by atoms with Crippen LogP contribution >= 0.6 is 11.3 Å². The van der Waals surface area contributed by atoms with Gasteiger partial charge in [-0.2, -0.15) is 0 Å². The van der Waals surface area contributed by atoms with Crippen molar-refractivity contribution in [1.29, 1.82) is 0 Å². The molecular formula is C31H24N6O3S. The lowest BCUT2D eigenvalue weighted by molar-refractivity contribution is -0.137. The summed E-state index contributed by atoms with van der Waals surface area (Å²) in [7, 11) is 1.36. The number of benzene rings is 4. The van der Waals surface area contributed by atoms with Crippen LogP contribution in [0.4, 0.5) is 5.13 Å². The van der Waals surface area contributed by atoms with Crippen LogP contribution in [0.25, 0.3) is 11.0 Å². The number of carbonyl (C=O) groups is 1. The minimum Gasteiger partial charge on any atom is -0.398 e. The van der Waals surface area contributed by atoms with E-state index in [9.17, 15) is 4.79 Å². The quantitative estimate of drug-likeness (QED) is 0.111. The van der Waals surface area contributed by atoms with E-state index in [4.69, 9.17) is 14.7 Å². The van der Waals surface area contributed by atoms with Gasteiger partial charge in [0.25, 0.3) is 0 Å². The van der Waals surface area contributed by atoms with E-state index in [1.165, 1.54) is 18.4 Å². The van der Waals surface area contributed by atoms with Crippen LogP contribution in [0.5, 0.6) is 0 Å². The normalized spacial score (nSPS) is 11.8. The highest BCUT2D eigenvalue weighted by Crippen LogP contribution is 2.40. The SMILES string of the molecule is CO/N=C(/C(=O)On1nnc2ccccc21)c1csc(NC(c2ccccc2)(c2ccccc2)c2ccccc2)n1. The molecule has 0 aliphatic heterocycles. The van der Waals surface area contributed by atoms with Crippen molar-refractivity contribution in [1.82, 2.24) is 20.1 Å². The van der Waals surface area contributed by atoms with Crippen molar-refractivity contribution in [3.63, 3.8) is 0 Å². The fourth-order valence-corrected chi connectivity index (χ4v) is 5.45. The molecule has 6 rings (SSSR count). The molecule has 9 nitrogen and oxygen atoms in total. The Morgan fingerprint density at radius 1 is 0.829 bits per heavy atom. The van der Waals surface area contributed by atoms with Crippen LogP contribution < -0.4 is 10.2 Å². The molecule has 0 bridgehead atoms. The first kappa shape index (κ1) is 25.9. The smallest absolute Gasteiger partial charge is 0.389 e. The lowest BCUT2D eigenvalue weighted by Gasteiger charge is -2.36. The highest BCUT2D eigenvalue weighted by atomic mass is 32.1. The van der Waals surface area contributed by atoms with Crippen molar-refractivity contribution in [2.24, 2.45) is 5.16 Å². The summed E-state index contributed by atoms with van der Waals surface area (Å²) < 4.78 is 0. The summed E-state index contributed by atoms with van der Waals surface area (Å²) in [4.78, 5) is 29.5. The predicted octanol–water partition coefficient (Wildman–Crippen LogP) is 5.30. The third kappa shape index (κ3) is 5.04. The Bertz CT molecular complexity index is 1710. The molecule has 2 aromatic heterocycles. The van der Waals surface area contributed by atoms with Gasteiger partial charge >= 0.3 is 5.97 Å². The molecule has 0 atom stereocenters. The maximum absolute atomic E-state index is 13.2. The van der Waals surface area contributed by atoms with Crippen molar-refractivity contribution < 1.29 is 14.5 Å². The van der Waals surface area contributed by atoms with E-state index < -0.39 is 11.5 Å². The summed E-state index contributed by atoms with van der Waals surface area (Å²) in [6.07, 6.45) is 0. The molecule has 10 heteroatoms. The van der Waals surface area contributed by atoms with E-state index >= 15 is 0 Å². The second-order valence-electron chi connectivity index (χ2n) is 8.96. The van der Waals surface area contributed by atoms with Crippen molar-refractivity contribution in [2.45, 2.75) is 5.54 Å². The highest BCUT2D eigenvalue weighted by Gasteiger charge is 2.37. The number of fused-ring (bicyclic) bond motifs is 1. The number of rotatable bonds is 9. The molecular weight excluding hydrogens is 536 g/mol. The van der Waals surface area contributed by atoms with Gasteiger partial charge in [0.1, 0.15) is 29.4 Å². The van der Waals surface area contributed by atoms with Crippen LogP contribution in [-0.2, 0) is 15.2 Å². The Hall–Kier alpha value is -5.35. The molecule has 41 heavy (non-hydrogen) atoms. The van der Waals surface area contributed by atoms with Crippen molar-refractivity contribution in [2.75, 3.05) is 12.4 Å². The lowest BCUT2D eigenvalue weighted by Crippen LogP contribution is -2.38. The Balaban J connectivity index is 1.39. The number of oxime groups is 1. The van der Waals surface area contributed by atoms with Crippen LogP contribution in [0, 0.1) is 0 Å². The zero-order valence-electron chi connectivity index (χ0n) is 21.9. The second kappa shape index (κ2) is 11.4. The topological polar surface area (TPSA) is 104 Å². The average Bonchev–Trinajstić information content (AvgIpc) is 3.67. The van der Waals surface area contributed by atoms with Gasteiger partial charge in [-0.25, -0.2) is 9.78 Å². The number of hydrogen-bond acceptors (Lipinski definition) is 9. The zero-order chi connectivity index (χ0) is 28.1. The van der Waals surface area contributed by atoms with Gasteiger partial charge in [-0.1, -0.05) is 113 Å². The first-order valence-corrected chi connectivity index (χ1v) is 13.6. The number of anilines is 1. The Labute approximate surface area is 239 Å². The minimum absolute atomic E-state index is 0.110. The number of hydrogen-bond donors (Lipinski definition) is 1. The van der Waals surface area contributed by atoms with E-state index in [1.807, 2.05) is 60.7 Å². The molecule has 2 heterocycles. The molecule has 4 aromatic carbocycles. The Kier molecular flexibility index (Phi) is 7.21. The largest absolute Gasteiger partial charge is 0.398 e. The molecule has 0 saturated carbocycles. The lowest BCUT2D eigenvalue weighted by atomic mass is 9.77.